The SMILES string of the molecule is CC(=O)N(C)[CH]N. The van der Waals surface area contributed by atoms with E-state index in [-0.39, 0.29) is 5.91 Å². The monoisotopic (exact) mass is 101 g/mol. The maximum atomic E-state index is 10.2. The van der Waals surface area contributed by atoms with Crippen LogP contribution in [0.1, 0.15) is 6.92 Å². The van der Waals surface area contributed by atoms with Gasteiger partial charge in [-0.1, -0.05) is 0 Å². The number of carbonyl (C=O) groups is 1. The molecule has 1 amide bonds. The maximum absolute atomic E-state index is 10.2. The number of amides is 1. The number of rotatable bonds is 1. The Morgan fingerprint density at radius 2 is 2.29 bits per heavy atom. The Morgan fingerprint density at radius 1 is 1.86 bits per heavy atom. The van der Waals surface area contributed by atoms with Gasteiger partial charge in [0.2, 0.25) is 5.91 Å². The van der Waals surface area contributed by atoms with E-state index in [1.807, 2.05) is 0 Å². The van der Waals surface area contributed by atoms with Crippen molar-refractivity contribution < 1.29 is 4.79 Å². The first-order chi connectivity index (χ1) is 3.18. The molecule has 7 heavy (non-hydrogen) atoms. The lowest BCUT2D eigenvalue weighted by Crippen LogP contribution is -2.24. The number of nitrogens with zero attached hydrogens (tertiary/aromatic N) is 1. The van der Waals surface area contributed by atoms with Crippen LogP contribution < -0.4 is 5.73 Å². The van der Waals surface area contributed by atoms with Gasteiger partial charge in [-0.3, -0.25) is 4.79 Å². The number of hydrogen-bond acceptors (Lipinski definition) is 2. The highest BCUT2D eigenvalue weighted by Crippen LogP contribution is 1.78. The molecule has 0 unspecified atom stereocenters. The van der Waals surface area contributed by atoms with E-state index in [0.29, 0.717) is 0 Å². The lowest BCUT2D eigenvalue weighted by molar-refractivity contribution is -0.126. The fourth-order valence-corrected chi connectivity index (χ4v) is 0.105. The molecular formula is C4H9N2O. The molecule has 0 aliphatic heterocycles. The molecule has 41 valence electrons. The van der Waals surface area contributed by atoms with E-state index in [1.54, 1.807) is 7.05 Å². The molecule has 0 aromatic heterocycles. The van der Waals surface area contributed by atoms with Gasteiger partial charge < -0.3 is 10.6 Å². The van der Waals surface area contributed by atoms with Gasteiger partial charge in [-0.15, -0.1) is 0 Å². The van der Waals surface area contributed by atoms with Crippen molar-refractivity contribution in [2.24, 2.45) is 5.73 Å². The second-order valence-electron chi connectivity index (χ2n) is 1.28. The van der Waals surface area contributed by atoms with Crippen molar-refractivity contribution in [2.75, 3.05) is 7.05 Å². The van der Waals surface area contributed by atoms with E-state index < -0.39 is 0 Å². The molecule has 0 heterocycles. The molecule has 0 saturated heterocycles. The molecule has 2 N–H and O–H groups in total. The van der Waals surface area contributed by atoms with Crippen molar-refractivity contribution in [2.45, 2.75) is 6.92 Å². The van der Waals surface area contributed by atoms with Gasteiger partial charge in [-0.25, -0.2) is 0 Å². The second-order valence-corrected chi connectivity index (χ2v) is 1.28. The van der Waals surface area contributed by atoms with Crippen LogP contribution >= 0.6 is 0 Å². The zero-order valence-electron chi connectivity index (χ0n) is 4.51. The number of hydrogen-bond donors (Lipinski definition) is 1. The first-order valence-electron chi connectivity index (χ1n) is 1.97. The summed E-state index contributed by atoms with van der Waals surface area (Å²) in [5.74, 6) is -0.0532. The van der Waals surface area contributed by atoms with E-state index in [1.165, 1.54) is 18.5 Å². The minimum atomic E-state index is -0.0532. The van der Waals surface area contributed by atoms with E-state index in [2.05, 4.69) is 0 Å². The Bertz CT molecular complexity index is 72.1. The molecule has 0 aromatic carbocycles. The van der Waals surface area contributed by atoms with Crippen molar-refractivity contribution in [1.29, 1.82) is 0 Å². The number of carbonyl (C=O) groups excluding carboxylic acids is 1. The second kappa shape index (κ2) is 2.58. The van der Waals surface area contributed by atoms with Gasteiger partial charge in [-0.2, -0.15) is 0 Å². The van der Waals surface area contributed by atoms with Crippen molar-refractivity contribution in [3.05, 3.63) is 6.67 Å². The van der Waals surface area contributed by atoms with Gasteiger partial charge >= 0.3 is 0 Å². The highest BCUT2D eigenvalue weighted by molar-refractivity contribution is 5.73. The summed E-state index contributed by atoms with van der Waals surface area (Å²) in [5, 5.41) is 0. The lowest BCUT2D eigenvalue weighted by Gasteiger charge is -2.07. The first-order valence-corrected chi connectivity index (χ1v) is 1.97. The molecule has 0 rings (SSSR count). The Morgan fingerprint density at radius 3 is 2.29 bits per heavy atom. The Balaban J connectivity index is 3.34. The third kappa shape index (κ3) is 2.17. The summed E-state index contributed by atoms with van der Waals surface area (Å²) in [6.45, 7) is 2.67. The van der Waals surface area contributed by atoms with Gasteiger partial charge in [0.05, 0.1) is 0 Å². The van der Waals surface area contributed by atoms with E-state index in [4.69, 9.17) is 5.73 Å². The van der Waals surface area contributed by atoms with Crippen molar-refractivity contribution >= 4 is 5.91 Å². The van der Waals surface area contributed by atoms with Crippen LogP contribution in [0.15, 0.2) is 0 Å². The fraction of sp³-hybridized carbons (Fsp3) is 0.500. The van der Waals surface area contributed by atoms with Gasteiger partial charge in [0.15, 0.2) is 0 Å². The summed E-state index contributed by atoms with van der Waals surface area (Å²) < 4.78 is 0. The van der Waals surface area contributed by atoms with Crippen LogP contribution in [-0.2, 0) is 4.79 Å². The van der Waals surface area contributed by atoms with Crippen molar-refractivity contribution in [1.82, 2.24) is 4.90 Å². The Kier molecular flexibility index (Phi) is 2.37. The quantitative estimate of drug-likeness (QED) is 0.486. The molecule has 3 heteroatoms. The van der Waals surface area contributed by atoms with Gasteiger partial charge in [0, 0.05) is 14.0 Å². The number of nitrogens with two attached hydrogens (primary N) is 1. The molecule has 0 aliphatic carbocycles. The lowest BCUT2D eigenvalue weighted by atomic mass is 10.6. The third-order valence-electron chi connectivity index (χ3n) is 0.720. The van der Waals surface area contributed by atoms with Crippen LogP contribution in [0.25, 0.3) is 0 Å². The zero-order valence-corrected chi connectivity index (χ0v) is 4.51. The van der Waals surface area contributed by atoms with Crippen LogP contribution in [0, 0.1) is 6.67 Å². The minimum absolute atomic E-state index is 0.0532. The maximum Gasteiger partial charge on any atom is 0.220 e. The van der Waals surface area contributed by atoms with Crippen LogP contribution in [0.3, 0.4) is 0 Å². The molecular weight excluding hydrogens is 92.1 g/mol. The molecule has 0 aromatic rings. The largest absolute Gasteiger partial charge is 0.327 e. The fourth-order valence-electron chi connectivity index (χ4n) is 0.105. The predicted molar refractivity (Wildman–Crippen MR) is 26.9 cm³/mol. The molecule has 0 saturated carbocycles. The smallest absolute Gasteiger partial charge is 0.220 e. The summed E-state index contributed by atoms with van der Waals surface area (Å²) in [6, 6.07) is 0. The predicted octanol–water partition coefficient (Wildman–Crippen LogP) is -0.457. The Hall–Kier alpha value is -0.570. The van der Waals surface area contributed by atoms with Gasteiger partial charge in [0.25, 0.3) is 0 Å². The highest BCUT2D eigenvalue weighted by atomic mass is 16.2. The van der Waals surface area contributed by atoms with Crippen LogP contribution in [0.2, 0.25) is 0 Å². The standard InChI is InChI=1S/C4H9N2O/c1-4(7)6(2)3-5/h3H,5H2,1-2H3. The molecule has 0 fully saturated rings. The van der Waals surface area contributed by atoms with E-state index >= 15 is 0 Å². The summed E-state index contributed by atoms with van der Waals surface area (Å²) in [7, 11) is 1.60. The van der Waals surface area contributed by atoms with Crippen molar-refractivity contribution in [3.63, 3.8) is 0 Å². The Labute approximate surface area is 43.1 Å². The average molecular weight is 101 g/mol. The topological polar surface area (TPSA) is 46.3 Å². The highest BCUT2D eigenvalue weighted by Gasteiger charge is 1.94. The van der Waals surface area contributed by atoms with Crippen LogP contribution in [0.4, 0.5) is 0 Å². The first kappa shape index (κ1) is 6.43. The summed E-state index contributed by atoms with van der Waals surface area (Å²) in [5.41, 5.74) is 4.95. The van der Waals surface area contributed by atoms with Crippen molar-refractivity contribution in [3.8, 4) is 0 Å². The molecule has 0 aliphatic rings. The normalized spacial score (nSPS) is 8.43. The molecule has 0 spiro atoms. The van der Waals surface area contributed by atoms with E-state index in [9.17, 15) is 4.79 Å². The molecule has 0 atom stereocenters. The zero-order chi connectivity index (χ0) is 5.86. The average Bonchev–Trinajstić information content (AvgIpc) is 1.65. The summed E-state index contributed by atoms with van der Waals surface area (Å²) >= 11 is 0. The molecule has 3 nitrogen and oxygen atoms in total. The van der Waals surface area contributed by atoms with Crippen LogP contribution in [-0.4, -0.2) is 17.9 Å². The molecule has 1 radical (unpaired) electrons. The van der Waals surface area contributed by atoms with Gasteiger partial charge in [-0.05, 0) is 0 Å². The van der Waals surface area contributed by atoms with Crippen LogP contribution in [0.5, 0.6) is 0 Å². The van der Waals surface area contributed by atoms with Gasteiger partial charge in [0.1, 0.15) is 6.67 Å². The minimum Gasteiger partial charge on any atom is -0.327 e. The summed E-state index contributed by atoms with van der Waals surface area (Å²) in [6.07, 6.45) is 0. The third-order valence-corrected chi connectivity index (χ3v) is 0.720. The summed E-state index contributed by atoms with van der Waals surface area (Å²) in [4.78, 5) is 11.5. The molecule has 0 bridgehead atoms. The van der Waals surface area contributed by atoms with E-state index in [0.717, 1.165) is 0 Å².